The predicted molar refractivity (Wildman–Crippen MR) is 105 cm³/mol. The van der Waals surface area contributed by atoms with E-state index in [2.05, 4.69) is 20.9 Å². The summed E-state index contributed by atoms with van der Waals surface area (Å²) in [5.41, 5.74) is 0.323. The number of aliphatic carboxylic acids is 1. The third-order valence-corrected chi connectivity index (χ3v) is 4.33. The highest BCUT2D eigenvalue weighted by molar-refractivity contribution is 9.10. The highest BCUT2D eigenvalue weighted by Crippen LogP contribution is 2.27. The lowest BCUT2D eigenvalue weighted by molar-refractivity contribution is -0.141. The Labute approximate surface area is 171 Å². The average Bonchev–Trinajstić information content (AvgIpc) is 3.05. The van der Waals surface area contributed by atoms with Crippen LogP contribution in [0.1, 0.15) is 16.8 Å². The first-order chi connectivity index (χ1) is 11.5. The number of hydrogen-bond donors (Lipinski definition) is 1. The molecule has 6 nitrogen and oxygen atoms in total. The standard InChI is InChI=1S/C17H15BrN2O4.2ClH/c18-12-3-1-4-13(9-12)24-15-14(5-2-7-19-15)16(21)20-8-6-11(10-20)17(22)23;;/h1-5,7,9,11H,6,8,10H2,(H,22,23);2*1H. The first kappa shape index (κ1) is 22.2. The second kappa shape index (κ2) is 9.75. The van der Waals surface area contributed by atoms with Gasteiger partial charge < -0.3 is 14.7 Å². The first-order valence-electron chi connectivity index (χ1n) is 7.45. The number of ether oxygens (including phenoxy) is 1. The number of benzene rings is 1. The molecule has 1 aliphatic heterocycles. The molecule has 3 rings (SSSR count). The summed E-state index contributed by atoms with van der Waals surface area (Å²) in [6.45, 7) is 0.625. The molecule has 2 heterocycles. The summed E-state index contributed by atoms with van der Waals surface area (Å²) >= 11 is 3.37. The maximum absolute atomic E-state index is 12.7. The predicted octanol–water partition coefficient (Wildman–Crippen LogP) is 4.03. The largest absolute Gasteiger partial charge is 0.481 e. The summed E-state index contributed by atoms with van der Waals surface area (Å²) in [5, 5.41) is 9.08. The number of hydrogen-bond acceptors (Lipinski definition) is 4. The lowest BCUT2D eigenvalue weighted by Gasteiger charge is -2.17. The van der Waals surface area contributed by atoms with E-state index in [1.165, 1.54) is 4.90 Å². The Balaban J connectivity index is 0.00000169. The molecule has 0 aliphatic carbocycles. The van der Waals surface area contributed by atoms with Gasteiger partial charge in [0.1, 0.15) is 11.3 Å². The number of aromatic nitrogens is 1. The minimum Gasteiger partial charge on any atom is -0.481 e. The van der Waals surface area contributed by atoms with Crippen molar-refractivity contribution >= 4 is 52.6 Å². The molecule has 140 valence electrons. The van der Waals surface area contributed by atoms with Crippen molar-refractivity contribution in [1.29, 1.82) is 0 Å². The summed E-state index contributed by atoms with van der Waals surface area (Å²) < 4.78 is 6.59. The van der Waals surface area contributed by atoms with E-state index in [-0.39, 0.29) is 43.1 Å². The van der Waals surface area contributed by atoms with Gasteiger partial charge in [-0.25, -0.2) is 4.98 Å². The van der Waals surface area contributed by atoms with Crippen LogP contribution in [0.2, 0.25) is 0 Å². The van der Waals surface area contributed by atoms with Crippen molar-refractivity contribution in [3.05, 3.63) is 52.6 Å². The lowest BCUT2D eigenvalue weighted by Crippen LogP contribution is -2.30. The Hall–Kier alpha value is -1.83. The van der Waals surface area contributed by atoms with Gasteiger partial charge in [0.05, 0.1) is 5.92 Å². The van der Waals surface area contributed by atoms with Gasteiger partial charge in [-0.15, -0.1) is 24.8 Å². The molecule has 1 N–H and O–H groups in total. The van der Waals surface area contributed by atoms with Gasteiger partial charge in [-0.3, -0.25) is 9.59 Å². The zero-order valence-corrected chi connectivity index (χ0v) is 16.7. The number of nitrogens with zero attached hydrogens (tertiary/aromatic N) is 2. The van der Waals surface area contributed by atoms with Crippen LogP contribution in [0.15, 0.2) is 47.1 Å². The molecule has 1 aliphatic rings. The number of likely N-dealkylation sites (tertiary alicyclic amines) is 1. The van der Waals surface area contributed by atoms with Gasteiger partial charge in [0.15, 0.2) is 0 Å². The zero-order chi connectivity index (χ0) is 17.1. The summed E-state index contributed by atoms with van der Waals surface area (Å²) in [5.74, 6) is -0.889. The molecule has 1 amide bonds. The molecule has 26 heavy (non-hydrogen) atoms. The second-order valence-electron chi connectivity index (χ2n) is 5.49. The zero-order valence-electron chi connectivity index (χ0n) is 13.5. The molecule has 0 radical (unpaired) electrons. The van der Waals surface area contributed by atoms with Gasteiger partial charge >= 0.3 is 5.97 Å². The van der Waals surface area contributed by atoms with Crippen LogP contribution in [0.25, 0.3) is 0 Å². The van der Waals surface area contributed by atoms with E-state index in [9.17, 15) is 9.59 Å². The minimum atomic E-state index is -0.873. The highest BCUT2D eigenvalue weighted by atomic mass is 79.9. The fraction of sp³-hybridized carbons (Fsp3) is 0.235. The number of carboxylic acids is 1. The Morgan fingerprint density at radius 3 is 2.65 bits per heavy atom. The van der Waals surface area contributed by atoms with Gasteiger partial charge in [-0.05, 0) is 36.8 Å². The smallest absolute Gasteiger partial charge is 0.308 e. The Morgan fingerprint density at radius 1 is 1.23 bits per heavy atom. The number of pyridine rings is 1. The number of carbonyl (C=O) groups is 2. The molecule has 9 heteroatoms. The molecule has 1 aromatic heterocycles. The van der Waals surface area contributed by atoms with Crippen LogP contribution in [0, 0.1) is 5.92 Å². The van der Waals surface area contributed by atoms with Gasteiger partial charge in [-0.2, -0.15) is 0 Å². The SMILES string of the molecule is Cl.Cl.O=C(O)C1CCN(C(=O)c2cccnc2Oc2cccc(Br)c2)C1. The van der Waals surface area contributed by atoms with Crippen molar-refractivity contribution in [3.8, 4) is 11.6 Å². The second-order valence-corrected chi connectivity index (χ2v) is 6.41. The van der Waals surface area contributed by atoms with Crippen molar-refractivity contribution in [3.63, 3.8) is 0 Å². The summed E-state index contributed by atoms with van der Waals surface area (Å²) in [6, 6.07) is 10.5. The fourth-order valence-electron chi connectivity index (χ4n) is 2.59. The van der Waals surface area contributed by atoms with Crippen molar-refractivity contribution in [2.75, 3.05) is 13.1 Å². The average molecular weight is 464 g/mol. The fourth-order valence-corrected chi connectivity index (χ4v) is 2.97. The van der Waals surface area contributed by atoms with E-state index < -0.39 is 11.9 Å². The van der Waals surface area contributed by atoms with E-state index in [1.807, 2.05) is 12.1 Å². The normalized spacial score (nSPS) is 15.6. The molecular weight excluding hydrogens is 447 g/mol. The van der Waals surface area contributed by atoms with Gasteiger partial charge in [0.25, 0.3) is 5.91 Å². The van der Waals surface area contributed by atoms with E-state index in [1.54, 1.807) is 30.5 Å². The molecule has 1 atom stereocenters. The van der Waals surface area contributed by atoms with E-state index >= 15 is 0 Å². The summed E-state index contributed by atoms with van der Waals surface area (Å²) in [6.07, 6.45) is 2.01. The van der Waals surface area contributed by atoms with Crippen molar-refractivity contribution < 1.29 is 19.4 Å². The maximum Gasteiger partial charge on any atom is 0.308 e. The molecule has 1 saturated heterocycles. The Kier molecular flexibility index (Phi) is 8.33. The summed E-state index contributed by atoms with van der Waals surface area (Å²) in [7, 11) is 0. The molecule has 1 aromatic carbocycles. The number of halogens is 3. The van der Waals surface area contributed by atoms with Crippen LogP contribution in [0.5, 0.6) is 11.6 Å². The van der Waals surface area contributed by atoms with Gasteiger partial charge in [0.2, 0.25) is 5.88 Å². The molecule has 0 saturated carbocycles. The topological polar surface area (TPSA) is 79.7 Å². The summed E-state index contributed by atoms with van der Waals surface area (Å²) in [4.78, 5) is 29.4. The molecule has 0 spiro atoms. The third-order valence-electron chi connectivity index (χ3n) is 3.84. The van der Waals surface area contributed by atoms with Crippen LogP contribution in [0.4, 0.5) is 0 Å². The van der Waals surface area contributed by atoms with Crippen LogP contribution in [-0.4, -0.2) is 40.0 Å². The number of carbonyl (C=O) groups excluding carboxylic acids is 1. The van der Waals surface area contributed by atoms with E-state index in [4.69, 9.17) is 9.84 Å². The number of carboxylic acid groups (broad SMARTS) is 1. The Morgan fingerprint density at radius 2 is 2.00 bits per heavy atom. The monoisotopic (exact) mass is 462 g/mol. The molecule has 0 bridgehead atoms. The highest BCUT2D eigenvalue weighted by Gasteiger charge is 2.32. The van der Waals surface area contributed by atoms with E-state index in [0.717, 1.165) is 4.47 Å². The molecule has 1 fully saturated rings. The van der Waals surface area contributed by atoms with Crippen LogP contribution in [0.3, 0.4) is 0 Å². The quantitative estimate of drug-likeness (QED) is 0.740. The lowest BCUT2D eigenvalue weighted by atomic mass is 10.1. The number of rotatable bonds is 4. The van der Waals surface area contributed by atoms with Crippen molar-refractivity contribution in [2.45, 2.75) is 6.42 Å². The number of amides is 1. The molecular formula is C17H17BrCl2N2O4. The molecule has 2 aromatic rings. The first-order valence-corrected chi connectivity index (χ1v) is 8.24. The van der Waals surface area contributed by atoms with Gasteiger partial charge in [0, 0.05) is 23.8 Å². The molecule has 1 unspecified atom stereocenters. The minimum absolute atomic E-state index is 0. The maximum atomic E-state index is 12.7. The van der Waals surface area contributed by atoms with Crippen LogP contribution < -0.4 is 4.74 Å². The van der Waals surface area contributed by atoms with Crippen LogP contribution >= 0.6 is 40.7 Å². The van der Waals surface area contributed by atoms with E-state index in [0.29, 0.717) is 24.3 Å². The van der Waals surface area contributed by atoms with Crippen LogP contribution in [-0.2, 0) is 4.79 Å². The Bertz CT molecular complexity index is 791. The van der Waals surface area contributed by atoms with Crippen molar-refractivity contribution in [1.82, 2.24) is 9.88 Å². The third kappa shape index (κ3) is 5.09. The van der Waals surface area contributed by atoms with Gasteiger partial charge in [-0.1, -0.05) is 22.0 Å². The van der Waals surface area contributed by atoms with Crippen molar-refractivity contribution in [2.24, 2.45) is 5.92 Å².